The first-order valence-corrected chi connectivity index (χ1v) is 5.18. The van der Waals surface area contributed by atoms with Crippen LogP contribution in [0.25, 0.3) is 11.1 Å². The van der Waals surface area contributed by atoms with Crippen molar-refractivity contribution in [2.45, 2.75) is 0 Å². The van der Waals surface area contributed by atoms with Gasteiger partial charge >= 0.3 is 0 Å². The molecule has 0 amide bonds. The first-order chi connectivity index (χ1) is 8.27. The zero-order chi connectivity index (χ0) is 11.8. The van der Waals surface area contributed by atoms with Gasteiger partial charge in [-0.05, 0) is 12.1 Å². The molecule has 88 valence electrons. The summed E-state index contributed by atoms with van der Waals surface area (Å²) in [5, 5.41) is 16.6. The molecule has 6 nitrogen and oxygen atoms in total. The van der Waals surface area contributed by atoms with E-state index in [0.717, 1.165) is 0 Å². The van der Waals surface area contributed by atoms with E-state index in [1.54, 1.807) is 18.3 Å². The van der Waals surface area contributed by atoms with Crippen molar-refractivity contribution in [3.05, 3.63) is 18.3 Å². The number of phenols is 1. The number of aromatic amines is 1. The number of benzene rings is 1. The summed E-state index contributed by atoms with van der Waals surface area (Å²) in [5.74, 6) is 1.32. The second kappa shape index (κ2) is 3.58. The molecule has 6 heteroatoms. The number of phenolic OH excluding ortho intramolecular Hbond substituents is 1. The molecule has 0 aliphatic carbocycles. The van der Waals surface area contributed by atoms with Gasteiger partial charge in [-0.3, -0.25) is 5.10 Å². The van der Waals surface area contributed by atoms with E-state index in [0.29, 0.717) is 41.7 Å². The number of nitrogen functional groups attached to an aromatic ring is 1. The fraction of sp³-hybridized carbons (Fsp3) is 0.182. The van der Waals surface area contributed by atoms with Gasteiger partial charge in [0.1, 0.15) is 19.0 Å². The highest BCUT2D eigenvalue weighted by Crippen LogP contribution is 2.45. The lowest BCUT2D eigenvalue weighted by molar-refractivity contribution is 0.166. The van der Waals surface area contributed by atoms with Crippen LogP contribution in [0, 0.1) is 0 Å². The van der Waals surface area contributed by atoms with Gasteiger partial charge in [-0.2, -0.15) is 5.10 Å². The largest absolute Gasteiger partial charge is 0.504 e. The van der Waals surface area contributed by atoms with Gasteiger partial charge in [-0.15, -0.1) is 0 Å². The Balaban J connectivity index is 2.16. The Morgan fingerprint density at radius 2 is 2.06 bits per heavy atom. The van der Waals surface area contributed by atoms with Crippen molar-refractivity contribution in [1.82, 2.24) is 10.2 Å². The van der Waals surface area contributed by atoms with Crippen molar-refractivity contribution in [3.8, 4) is 28.4 Å². The lowest BCUT2D eigenvalue weighted by atomic mass is 10.1. The van der Waals surface area contributed by atoms with E-state index in [-0.39, 0.29) is 5.75 Å². The number of ether oxygens (including phenoxy) is 2. The summed E-state index contributed by atoms with van der Waals surface area (Å²) in [6, 6.07) is 3.47. The van der Waals surface area contributed by atoms with Crippen LogP contribution in [0.3, 0.4) is 0 Å². The average Bonchev–Trinajstić information content (AvgIpc) is 2.76. The molecule has 0 bridgehead atoms. The SMILES string of the molecule is Nc1[nH]ncc1-c1ccc2c(c1O)OCCO2. The highest BCUT2D eigenvalue weighted by atomic mass is 16.6. The Kier molecular flexibility index (Phi) is 2.07. The highest BCUT2D eigenvalue weighted by Gasteiger charge is 2.21. The van der Waals surface area contributed by atoms with E-state index < -0.39 is 0 Å². The van der Waals surface area contributed by atoms with Crippen molar-refractivity contribution >= 4 is 5.82 Å². The molecule has 3 rings (SSSR count). The molecule has 2 heterocycles. The molecule has 0 saturated heterocycles. The number of nitrogens with zero attached hydrogens (tertiary/aromatic N) is 1. The van der Waals surface area contributed by atoms with Crippen LogP contribution in [0.2, 0.25) is 0 Å². The molecular weight excluding hydrogens is 222 g/mol. The van der Waals surface area contributed by atoms with Crippen LogP contribution in [0.4, 0.5) is 5.82 Å². The molecule has 1 aliphatic heterocycles. The van der Waals surface area contributed by atoms with Crippen LogP contribution in [0.1, 0.15) is 0 Å². The minimum absolute atomic E-state index is 0.0234. The van der Waals surface area contributed by atoms with Crippen LogP contribution >= 0.6 is 0 Å². The number of anilines is 1. The molecule has 0 atom stereocenters. The number of H-pyrrole nitrogens is 1. The van der Waals surface area contributed by atoms with Crippen molar-refractivity contribution in [3.63, 3.8) is 0 Å². The lowest BCUT2D eigenvalue weighted by Gasteiger charge is -2.20. The topological polar surface area (TPSA) is 93.4 Å². The Morgan fingerprint density at radius 3 is 2.82 bits per heavy atom. The molecule has 0 radical (unpaired) electrons. The second-order valence-corrected chi connectivity index (χ2v) is 3.68. The highest BCUT2D eigenvalue weighted by molar-refractivity contribution is 5.81. The third kappa shape index (κ3) is 1.45. The number of nitrogens with one attached hydrogen (secondary N) is 1. The quantitative estimate of drug-likeness (QED) is 0.686. The number of aromatic nitrogens is 2. The molecule has 2 aromatic rings. The van der Waals surface area contributed by atoms with Crippen molar-refractivity contribution in [1.29, 1.82) is 0 Å². The Morgan fingerprint density at radius 1 is 1.24 bits per heavy atom. The fourth-order valence-corrected chi connectivity index (χ4v) is 1.83. The molecule has 1 aromatic carbocycles. The van der Waals surface area contributed by atoms with Crippen molar-refractivity contribution < 1.29 is 14.6 Å². The monoisotopic (exact) mass is 233 g/mol. The van der Waals surface area contributed by atoms with E-state index in [1.807, 2.05) is 0 Å². The Labute approximate surface area is 97.0 Å². The summed E-state index contributed by atoms with van der Waals surface area (Å²) in [7, 11) is 0. The van der Waals surface area contributed by atoms with Crippen LogP contribution in [0.15, 0.2) is 18.3 Å². The van der Waals surface area contributed by atoms with Gasteiger partial charge in [0.05, 0.1) is 6.20 Å². The van der Waals surface area contributed by atoms with Gasteiger partial charge in [0.15, 0.2) is 11.5 Å². The van der Waals surface area contributed by atoms with E-state index in [4.69, 9.17) is 15.2 Å². The first kappa shape index (κ1) is 9.83. The summed E-state index contributed by atoms with van der Waals surface area (Å²) in [5.41, 5.74) is 6.92. The van der Waals surface area contributed by atoms with E-state index >= 15 is 0 Å². The van der Waals surface area contributed by atoms with Gasteiger partial charge in [-0.1, -0.05) is 0 Å². The normalized spacial score (nSPS) is 13.6. The van der Waals surface area contributed by atoms with Gasteiger partial charge in [0.25, 0.3) is 0 Å². The molecule has 4 N–H and O–H groups in total. The number of hydrogen-bond acceptors (Lipinski definition) is 5. The molecule has 0 saturated carbocycles. The number of aromatic hydroxyl groups is 1. The number of fused-ring (bicyclic) bond motifs is 1. The molecular formula is C11H11N3O3. The maximum Gasteiger partial charge on any atom is 0.204 e. The number of rotatable bonds is 1. The first-order valence-electron chi connectivity index (χ1n) is 5.18. The van der Waals surface area contributed by atoms with Crippen molar-refractivity contribution in [2.24, 2.45) is 0 Å². The van der Waals surface area contributed by atoms with Crippen molar-refractivity contribution in [2.75, 3.05) is 18.9 Å². The van der Waals surface area contributed by atoms with Gasteiger partial charge in [0.2, 0.25) is 5.75 Å². The summed E-state index contributed by atoms with van der Waals surface area (Å²) in [4.78, 5) is 0. The summed E-state index contributed by atoms with van der Waals surface area (Å²) in [6.07, 6.45) is 1.56. The summed E-state index contributed by atoms with van der Waals surface area (Å²) >= 11 is 0. The summed E-state index contributed by atoms with van der Waals surface area (Å²) in [6.45, 7) is 0.907. The molecule has 1 aliphatic rings. The van der Waals surface area contributed by atoms with Crippen LogP contribution in [0.5, 0.6) is 17.2 Å². The predicted molar refractivity (Wildman–Crippen MR) is 61.1 cm³/mol. The van der Waals surface area contributed by atoms with Crippen LogP contribution in [-0.4, -0.2) is 28.5 Å². The van der Waals surface area contributed by atoms with Gasteiger partial charge in [0, 0.05) is 11.1 Å². The standard InChI is InChI=1S/C11H11N3O3/c12-11-7(5-13-14-11)6-1-2-8-10(9(6)15)17-4-3-16-8/h1-2,5,15H,3-4H2,(H3,12,13,14). The third-order valence-corrected chi connectivity index (χ3v) is 2.64. The van der Waals surface area contributed by atoms with E-state index in [9.17, 15) is 5.11 Å². The lowest BCUT2D eigenvalue weighted by Crippen LogP contribution is -2.15. The molecule has 0 spiro atoms. The molecule has 1 aromatic heterocycles. The smallest absolute Gasteiger partial charge is 0.204 e. The zero-order valence-corrected chi connectivity index (χ0v) is 8.93. The maximum absolute atomic E-state index is 10.1. The maximum atomic E-state index is 10.1. The average molecular weight is 233 g/mol. The number of hydrogen-bond donors (Lipinski definition) is 3. The fourth-order valence-electron chi connectivity index (χ4n) is 1.83. The molecule has 17 heavy (non-hydrogen) atoms. The van der Waals surface area contributed by atoms with Crippen LogP contribution < -0.4 is 15.2 Å². The second-order valence-electron chi connectivity index (χ2n) is 3.68. The molecule has 0 fully saturated rings. The van der Waals surface area contributed by atoms with Gasteiger partial charge in [-0.25, -0.2) is 0 Å². The van der Waals surface area contributed by atoms with Gasteiger partial charge < -0.3 is 20.3 Å². The van der Waals surface area contributed by atoms with E-state index in [1.165, 1.54) is 0 Å². The molecule has 0 unspecified atom stereocenters. The zero-order valence-electron chi connectivity index (χ0n) is 8.93. The predicted octanol–water partition coefficient (Wildman–Crippen LogP) is 1.14. The Hall–Kier alpha value is -2.37. The summed E-state index contributed by atoms with van der Waals surface area (Å²) < 4.78 is 10.8. The number of nitrogens with two attached hydrogens (primary N) is 1. The minimum Gasteiger partial charge on any atom is -0.504 e. The third-order valence-electron chi connectivity index (χ3n) is 2.64. The van der Waals surface area contributed by atoms with Crippen LogP contribution in [-0.2, 0) is 0 Å². The minimum atomic E-state index is 0.0234. The van der Waals surface area contributed by atoms with E-state index in [2.05, 4.69) is 10.2 Å². The Bertz CT molecular complexity index is 565.